The Morgan fingerprint density at radius 3 is 2.76 bits per heavy atom. The van der Waals surface area contributed by atoms with Crippen molar-refractivity contribution in [1.82, 2.24) is 4.98 Å². The summed E-state index contributed by atoms with van der Waals surface area (Å²) in [5, 5.41) is 0.169. The van der Waals surface area contributed by atoms with E-state index in [0.717, 1.165) is 5.56 Å². The number of nitrogens with two attached hydrogens (primary N) is 1. The van der Waals surface area contributed by atoms with Crippen molar-refractivity contribution in [2.75, 3.05) is 12.5 Å². The van der Waals surface area contributed by atoms with Crippen LogP contribution >= 0.6 is 46.4 Å². The lowest BCUT2D eigenvalue weighted by atomic mass is 10.1. The summed E-state index contributed by atoms with van der Waals surface area (Å²) >= 11 is 23.7. The molecule has 6 nitrogen and oxygen atoms in total. The summed E-state index contributed by atoms with van der Waals surface area (Å²) in [5.74, 6) is -0.243. The fourth-order valence-corrected chi connectivity index (χ4v) is 3.09. The molecule has 1 aliphatic rings. The molecule has 0 saturated heterocycles. The third-order valence-electron chi connectivity index (χ3n) is 3.38. The monoisotopic (exact) mass is 422 g/mol. The standard InChI is InChI=1S/C15H10Cl4N2O4/c16-8-1-6-3-23-5-25-13(6)7(2-8)4-24-15(22)12-9(17)11(20)10(18)14(19)21-12/h1-2H,3-5H2,(H2,20,21). The van der Waals surface area contributed by atoms with Gasteiger partial charge in [-0.2, -0.15) is 0 Å². The van der Waals surface area contributed by atoms with Crippen LogP contribution in [0.5, 0.6) is 5.75 Å². The van der Waals surface area contributed by atoms with Gasteiger partial charge in [0.2, 0.25) is 0 Å². The summed E-state index contributed by atoms with van der Waals surface area (Å²) in [5.41, 5.74) is 6.77. The van der Waals surface area contributed by atoms with Crippen molar-refractivity contribution in [3.63, 3.8) is 0 Å². The number of fused-ring (bicyclic) bond motifs is 1. The number of carbonyl (C=O) groups excluding carboxylic acids is 1. The maximum absolute atomic E-state index is 12.3. The zero-order valence-electron chi connectivity index (χ0n) is 12.4. The third kappa shape index (κ3) is 3.73. The van der Waals surface area contributed by atoms with Crippen LogP contribution in [0.25, 0.3) is 0 Å². The van der Waals surface area contributed by atoms with Crippen molar-refractivity contribution in [1.29, 1.82) is 0 Å². The SMILES string of the molecule is Nc1c(Cl)c(Cl)nc(C(=O)OCc2cc(Cl)cc3c2OCOC3)c1Cl. The smallest absolute Gasteiger partial charge is 0.358 e. The lowest BCUT2D eigenvalue weighted by molar-refractivity contribution is -0.0180. The second-order valence-corrected chi connectivity index (χ2v) is 6.58. The number of esters is 1. The minimum atomic E-state index is -0.809. The maximum atomic E-state index is 12.3. The molecule has 0 radical (unpaired) electrons. The predicted octanol–water partition coefficient (Wildman–Crippen LogP) is 4.50. The lowest BCUT2D eigenvalue weighted by Gasteiger charge is -2.21. The zero-order valence-corrected chi connectivity index (χ0v) is 15.5. The summed E-state index contributed by atoms with van der Waals surface area (Å²) in [6.07, 6.45) is 0. The molecule has 0 bridgehead atoms. The first-order valence-electron chi connectivity index (χ1n) is 6.87. The molecule has 0 aliphatic carbocycles. The van der Waals surface area contributed by atoms with Crippen LogP contribution in [-0.2, 0) is 22.7 Å². The highest BCUT2D eigenvalue weighted by Gasteiger charge is 2.22. The summed E-state index contributed by atoms with van der Waals surface area (Å²) in [4.78, 5) is 16.1. The van der Waals surface area contributed by atoms with Gasteiger partial charge in [0, 0.05) is 16.1 Å². The van der Waals surface area contributed by atoms with Crippen LogP contribution < -0.4 is 10.5 Å². The third-order valence-corrected chi connectivity index (χ3v) is 4.73. The first-order valence-corrected chi connectivity index (χ1v) is 8.38. The summed E-state index contributed by atoms with van der Waals surface area (Å²) in [6.45, 7) is 0.347. The van der Waals surface area contributed by atoms with Gasteiger partial charge in [-0.25, -0.2) is 9.78 Å². The number of hydrogen-bond acceptors (Lipinski definition) is 6. The lowest BCUT2D eigenvalue weighted by Crippen LogP contribution is -2.15. The molecule has 1 aromatic heterocycles. The van der Waals surface area contributed by atoms with Crippen LogP contribution in [0.4, 0.5) is 5.69 Å². The topological polar surface area (TPSA) is 83.7 Å². The van der Waals surface area contributed by atoms with Crippen LogP contribution in [-0.4, -0.2) is 17.7 Å². The van der Waals surface area contributed by atoms with Gasteiger partial charge in [-0.05, 0) is 12.1 Å². The fraction of sp³-hybridized carbons (Fsp3) is 0.200. The first-order chi connectivity index (χ1) is 11.9. The highest BCUT2D eigenvalue weighted by Crippen LogP contribution is 2.35. The molecule has 0 atom stereocenters. The van der Waals surface area contributed by atoms with E-state index in [0.29, 0.717) is 22.9 Å². The number of carbonyl (C=O) groups is 1. The van der Waals surface area contributed by atoms with Crippen molar-refractivity contribution in [2.45, 2.75) is 13.2 Å². The van der Waals surface area contributed by atoms with Gasteiger partial charge in [-0.15, -0.1) is 0 Å². The van der Waals surface area contributed by atoms with E-state index in [1.807, 2.05) is 0 Å². The second-order valence-electron chi connectivity index (χ2n) is 5.03. The number of nitrogen functional groups attached to an aromatic ring is 1. The Hall–Kier alpha value is -1.44. The molecule has 2 aromatic rings. The van der Waals surface area contributed by atoms with E-state index in [9.17, 15) is 4.79 Å². The highest BCUT2D eigenvalue weighted by atomic mass is 35.5. The van der Waals surface area contributed by atoms with Gasteiger partial charge < -0.3 is 19.9 Å². The Morgan fingerprint density at radius 2 is 2.00 bits per heavy atom. The molecule has 1 aromatic carbocycles. The van der Waals surface area contributed by atoms with E-state index in [1.165, 1.54) is 0 Å². The van der Waals surface area contributed by atoms with Gasteiger partial charge in [0.05, 0.1) is 17.3 Å². The minimum absolute atomic E-state index is 0.0273. The fourth-order valence-electron chi connectivity index (χ4n) is 2.24. The Labute approximate surface area is 162 Å². The quantitative estimate of drug-likeness (QED) is 0.577. The normalized spacial score (nSPS) is 13.1. The number of benzene rings is 1. The van der Waals surface area contributed by atoms with Crippen molar-refractivity contribution in [3.8, 4) is 5.75 Å². The number of nitrogens with zero attached hydrogens (tertiary/aromatic N) is 1. The van der Waals surface area contributed by atoms with Gasteiger partial charge in [0.1, 0.15) is 17.4 Å². The van der Waals surface area contributed by atoms with Gasteiger partial charge in [-0.1, -0.05) is 46.4 Å². The Kier molecular flexibility index (Phi) is 5.46. The molecule has 10 heteroatoms. The number of rotatable bonds is 3. The molecule has 2 heterocycles. The summed E-state index contributed by atoms with van der Waals surface area (Å²) in [6, 6.07) is 3.36. The molecule has 0 spiro atoms. The molecule has 0 unspecified atom stereocenters. The van der Waals surface area contributed by atoms with Crippen molar-refractivity contribution in [2.24, 2.45) is 0 Å². The molecule has 0 fully saturated rings. The Balaban J connectivity index is 1.83. The van der Waals surface area contributed by atoms with E-state index in [1.54, 1.807) is 12.1 Å². The molecule has 0 amide bonds. The van der Waals surface area contributed by atoms with Gasteiger partial charge in [0.25, 0.3) is 0 Å². The molecule has 0 saturated carbocycles. The van der Waals surface area contributed by atoms with Crippen molar-refractivity contribution in [3.05, 3.63) is 49.2 Å². The van der Waals surface area contributed by atoms with Crippen LogP contribution in [0.15, 0.2) is 12.1 Å². The van der Waals surface area contributed by atoms with Gasteiger partial charge in [-0.3, -0.25) is 0 Å². The van der Waals surface area contributed by atoms with Crippen molar-refractivity contribution < 1.29 is 19.0 Å². The average Bonchev–Trinajstić information content (AvgIpc) is 2.60. The Bertz CT molecular complexity index is 860. The number of halogens is 4. The molecular formula is C15H10Cl4N2O4. The molecule has 2 N–H and O–H groups in total. The highest BCUT2D eigenvalue weighted by molar-refractivity contribution is 6.46. The maximum Gasteiger partial charge on any atom is 0.358 e. The van der Waals surface area contributed by atoms with Crippen LogP contribution in [0.2, 0.25) is 20.2 Å². The van der Waals surface area contributed by atoms with E-state index in [2.05, 4.69) is 4.98 Å². The molecule has 3 rings (SSSR count). The first kappa shape index (κ1) is 18.4. The van der Waals surface area contributed by atoms with E-state index >= 15 is 0 Å². The molecule has 132 valence electrons. The number of anilines is 1. The zero-order chi connectivity index (χ0) is 18.1. The van der Waals surface area contributed by atoms with E-state index in [4.69, 9.17) is 66.3 Å². The van der Waals surface area contributed by atoms with Gasteiger partial charge >= 0.3 is 5.97 Å². The number of pyridine rings is 1. The minimum Gasteiger partial charge on any atom is -0.467 e. The predicted molar refractivity (Wildman–Crippen MR) is 94.5 cm³/mol. The Morgan fingerprint density at radius 1 is 1.24 bits per heavy atom. The molecule has 1 aliphatic heterocycles. The number of hydrogen-bond donors (Lipinski definition) is 1. The number of aromatic nitrogens is 1. The van der Waals surface area contributed by atoms with E-state index < -0.39 is 5.97 Å². The molecular weight excluding hydrogens is 414 g/mol. The summed E-state index contributed by atoms with van der Waals surface area (Å²) < 4.78 is 15.9. The van der Waals surface area contributed by atoms with Crippen LogP contribution in [0, 0.1) is 0 Å². The average molecular weight is 424 g/mol. The second kappa shape index (κ2) is 7.43. The van der Waals surface area contributed by atoms with Crippen LogP contribution in [0.1, 0.15) is 21.6 Å². The largest absolute Gasteiger partial charge is 0.467 e. The van der Waals surface area contributed by atoms with Crippen LogP contribution in [0.3, 0.4) is 0 Å². The summed E-state index contributed by atoms with van der Waals surface area (Å²) in [7, 11) is 0. The van der Waals surface area contributed by atoms with Gasteiger partial charge in [0.15, 0.2) is 17.6 Å². The van der Waals surface area contributed by atoms with Crippen molar-refractivity contribution >= 4 is 58.1 Å². The molecule has 25 heavy (non-hydrogen) atoms. The number of ether oxygens (including phenoxy) is 3. The van der Waals surface area contributed by atoms with E-state index in [-0.39, 0.29) is 40.0 Å².